The number of hydrogen-bond acceptors (Lipinski definition) is 2. The van der Waals surface area contributed by atoms with Gasteiger partial charge in [0.2, 0.25) is 5.91 Å². The zero-order valence-electron chi connectivity index (χ0n) is 9.71. The Morgan fingerprint density at radius 3 is 2.19 bits per heavy atom. The predicted octanol–water partition coefficient (Wildman–Crippen LogP) is 1.94. The molecule has 0 spiro atoms. The van der Waals surface area contributed by atoms with Crippen molar-refractivity contribution in [1.29, 1.82) is 0 Å². The van der Waals surface area contributed by atoms with Crippen LogP contribution in [-0.4, -0.2) is 23.5 Å². The SMILES string of the molecule is O=C(O)CCNC(=O)C1CCCCCCC1. The van der Waals surface area contributed by atoms with Crippen LogP contribution in [0.25, 0.3) is 0 Å². The normalized spacial score (nSPS) is 18.5. The summed E-state index contributed by atoms with van der Waals surface area (Å²) < 4.78 is 0. The number of nitrogens with one attached hydrogen (secondary N) is 1. The van der Waals surface area contributed by atoms with E-state index in [4.69, 9.17) is 5.11 Å². The first-order valence-electron chi connectivity index (χ1n) is 6.19. The third-order valence-electron chi connectivity index (χ3n) is 3.11. The third-order valence-corrected chi connectivity index (χ3v) is 3.11. The Morgan fingerprint density at radius 1 is 1.06 bits per heavy atom. The summed E-state index contributed by atoms with van der Waals surface area (Å²) in [5.74, 6) is -0.713. The van der Waals surface area contributed by atoms with Gasteiger partial charge in [-0.1, -0.05) is 32.1 Å². The van der Waals surface area contributed by atoms with Crippen LogP contribution in [0.1, 0.15) is 51.4 Å². The summed E-state index contributed by atoms with van der Waals surface area (Å²) in [5, 5.41) is 11.2. The zero-order valence-corrected chi connectivity index (χ0v) is 9.71. The molecule has 0 heterocycles. The van der Waals surface area contributed by atoms with E-state index in [0.717, 1.165) is 25.7 Å². The first-order valence-corrected chi connectivity index (χ1v) is 6.19. The number of rotatable bonds is 4. The summed E-state index contributed by atoms with van der Waals surface area (Å²) in [6.07, 6.45) is 7.90. The van der Waals surface area contributed by atoms with E-state index in [2.05, 4.69) is 5.32 Å². The van der Waals surface area contributed by atoms with E-state index >= 15 is 0 Å². The van der Waals surface area contributed by atoms with Gasteiger partial charge in [-0.05, 0) is 12.8 Å². The maximum absolute atomic E-state index is 11.7. The summed E-state index contributed by atoms with van der Waals surface area (Å²) in [5.41, 5.74) is 0. The monoisotopic (exact) mass is 227 g/mol. The minimum Gasteiger partial charge on any atom is -0.481 e. The summed E-state index contributed by atoms with van der Waals surface area (Å²) in [4.78, 5) is 22.0. The number of amides is 1. The molecule has 92 valence electrons. The standard InChI is InChI=1S/C12H21NO3/c14-11(15)8-9-13-12(16)10-6-4-2-1-3-5-7-10/h10H,1-9H2,(H,13,16)(H,14,15). The lowest BCUT2D eigenvalue weighted by molar-refractivity contribution is -0.137. The molecule has 0 aromatic rings. The van der Waals surface area contributed by atoms with Crippen molar-refractivity contribution in [1.82, 2.24) is 5.32 Å². The molecule has 0 saturated heterocycles. The Morgan fingerprint density at radius 2 is 1.62 bits per heavy atom. The fourth-order valence-electron chi connectivity index (χ4n) is 2.16. The van der Waals surface area contributed by atoms with Crippen molar-refractivity contribution in [3.63, 3.8) is 0 Å². The van der Waals surface area contributed by atoms with Gasteiger partial charge in [0.1, 0.15) is 0 Å². The molecular formula is C12H21NO3. The minimum absolute atomic E-state index is 0.0124. The van der Waals surface area contributed by atoms with Crippen LogP contribution < -0.4 is 5.32 Å². The molecule has 16 heavy (non-hydrogen) atoms. The topological polar surface area (TPSA) is 66.4 Å². The van der Waals surface area contributed by atoms with Crippen LogP contribution in [0.15, 0.2) is 0 Å². The molecule has 0 radical (unpaired) electrons. The smallest absolute Gasteiger partial charge is 0.305 e. The number of aliphatic carboxylic acids is 1. The Hall–Kier alpha value is -1.06. The Bertz CT molecular complexity index is 232. The maximum atomic E-state index is 11.7. The van der Waals surface area contributed by atoms with Crippen molar-refractivity contribution in [2.24, 2.45) is 5.92 Å². The van der Waals surface area contributed by atoms with Gasteiger partial charge >= 0.3 is 5.97 Å². The lowest BCUT2D eigenvalue weighted by Gasteiger charge is -2.18. The Balaban J connectivity index is 2.24. The Labute approximate surface area is 96.4 Å². The molecule has 1 rings (SSSR count). The van der Waals surface area contributed by atoms with E-state index in [1.165, 1.54) is 19.3 Å². The first kappa shape index (κ1) is 13.0. The molecule has 1 aliphatic carbocycles. The second-order valence-electron chi connectivity index (χ2n) is 4.48. The average Bonchev–Trinajstić information content (AvgIpc) is 2.15. The van der Waals surface area contributed by atoms with Crippen molar-refractivity contribution < 1.29 is 14.7 Å². The van der Waals surface area contributed by atoms with Crippen molar-refractivity contribution in [3.05, 3.63) is 0 Å². The number of carboxylic acid groups (broad SMARTS) is 1. The lowest BCUT2D eigenvalue weighted by Crippen LogP contribution is -2.32. The van der Waals surface area contributed by atoms with Crippen LogP contribution in [0.2, 0.25) is 0 Å². The summed E-state index contributed by atoms with van der Waals surface area (Å²) in [7, 11) is 0. The van der Waals surface area contributed by atoms with Crippen LogP contribution in [0.3, 0.4) is 0 Å². The molecule has 1 fully saturated rings. The zero-order chi connectivity index (χ0) is 11.8. The quantitative estimate of drug-likeness (QED) is 0.771. The van der Waals surface area contributed by atoms with E-state index in [9.17, 15) is 9.59 Å². The van der Waals surface area contributed by atoms with Gasteiger partial charge in [0.05, 0.1) is 6.42 Å². The van der Waals surface area contributed by atoms with E-state index in [1.807, 2.05) is 0 Å². The highest BCUT2D eigenvalue weighted by molar-refractivity contribution is 5.79. The summed E-state index contributed by atoms with van der Waals surface area (Å²) in [6, 6.07) is 0. The predicted molar refractivity (Wildman–Crippen MR) is 61.1 cm³/mol. The van der Waals surface area contributed by atoms with Gasteiger partial charge in [0, 0.05) is 12.5 Å². The third kappa shape index (κ3) is 5.14. The second kappa shape index (κ2) is 7.25. The van der Waals surface area contributed by atoms with E-state index in [0.29, 0.717) is 0 Å². The summed E-state index contributed by atoms with van der Waals surface area (Å²) in [6.45, 7) is 0.255. The molecule has 0 bridgehead atoms. The molecule has 0 aromatic carbocycles. The lowest BCUT2D eigenvalue weighted by atomic mass is 9.90. The van der Waals surface area contributed by atoms with Crippen LogP contribution in [-0.2, 0) is 9.59 Å². The molecule has 4 nitrogen and oxygen atoms in total. The fraction of sp³-hybridized carbons (Fsp3) is 0.833. The van der Waals surface area contributed by atoms with Gasteiger partial charge < -0.3 is 10.4 Å². The fourth-order valence-corrected chi connectivity index (χ4v) is 2.16. The highest BCUT2D eigenvalue weighted by atomic mass is 16.4. The van der Waals surface area contributed by atoms with Crippen LogP contribution in [0.4, 0.5) is 0 Å². The van der Waals surface area contributed by atoms with Gasteiger partial charge in [0.15, 0.2) is 0 Å². The highest BCUT2D eigenvalue weighted by Gasteiger charge is 2.18. The molecule has 0 unspecified atom stereocenters. The van der Waals surface area contributed by atoms with Crippen LogP contribution in [0, 0.1) is 5.92 Å². The number of carbonyl (C=O) groups excluding carboxylic acids is 1. The number of carbonyl (C=O) groups is 2. The first-order chi connectivity index (χ1) is 7.70. The van der Waals surface area contributed by atoms with Gasteiger partial charge in [-0.25, -0.2) is 0 Å². The molecule has 1 saturated carbocycles. The van der Waals surface area contributed by atoms with Gasteiger partial charge in [0.25, 0.3) is 0 Å². The van der Waals surface area contributed by atoms with Crippen molar-refractivity contribution in [2.45, 2.75) is 51.4 Å². The van der Waals surface area contributed by atoms with Gasteiger partial charge in [-0.3, -0.25) is 9.59 Å². The second-order valence-corrected chi connectivity index (χ2v) is 4.48. The molecule has 1 amide bonds. The molecule has 0 aliphatic heterocycles. The average molecular weight is 227 g/mol. The van der Waals surface area contributed by atoms with Crippen molar-refractivity contribution in [2.75, 3.05) is 6.54 Å². The summed E-state index contributed by atoms with van der Waals surface area (Å²) >= 11 is 0. The molecular weight excluding hydrogens is 206 g/mol. The van der Waals surface area contributed by atoms with Crippen LogP contribution in [0.5, 0.6) is 0 Å². The number of carboxylic acids is 1. The maximum Gasteiger partial charge on any atom is 0.305 e. The largest absolute Gasteiger partial charge is 0.481 e. The molecule has 2 N–H and O–H groups in total. The van der Waals surface area contributed by atoms with E-state index in [1.54, 1.807) is 0 Å². The molecule has 4 heteroatoms. The van der Waals surface area contributed by atoms with Gasteiger partial charge in [-0.15, -0.1) is 0 Å². The van der Waals surface area contributed by atoms with Crippen molar-refractivity contribution >= 4 is 11.9 Å². The highest BCUT2D eigenvalue weighted by Crippen LogP contribution is 2.22. The van der Waals surface area contributed by atoms with Gasteiger partial charge in [-0.2, -0.15) is 0 Å². The Kier molecular flexibility index (Phi) is 5.90. The minimum atomic E-state index is -0.863. The van der Waals surface area contributed by atoms with E-state index < -0.39 is 5.97 Å². The molecule has 1 aliphatic rings. The number of hydrogen-bond donors (Lipinski definition) is 2. The van der Waals surface area contributed by atoms with Crippen LogP contribution >= 0.6 is 0 Å². The molecule has 0 aromatic heterocycles. The van der Waals surface area contributed by atoms with Crippen molar-refractivity contribution in [3.8, 4) is 0 Å². The van der Waals surface area contributed by atoms with E-state index in [-0.39, 0.29) is 24.8 Å². The molecule has 0 atom stereocenters.